The third kappa shape index (κ3) is 1.92. The Bertz CT molecular complexity index is 778. The van der Waals surface area contributed by atoms with Crippen molar-refractivity contribution in [2.75, 3.05) is 5.73 Å². The lowest BCUT2D eigenvalue weighted by molar-refractivity contribution is 0.691. The highest BCUT2D eigenvalue weighted by Gasteiger charge is 2.09. The third-order valence-electron chi connectivity index (χ3n) is 3.47. The van der Waals surface area contributed by atoms with E-state index in [-0.39, 0.29) is 0 Å². The van der Waals surface area contributed by atoms with Gasteiger partial charge in [-0.15, -0.1) is 0 Å². The maximum absolute atomic E-state index is 8.68. The van der Waals surface area contributed by atoms with E-state index >= 15 is 0 Å². The van der Waals surface area contributed by atoms with Gasteiger partial charge in [-0.05, 0) is 30.7 Å². The highest BCUT2D eigenvalue weighted by Crippen LogP contribution is 2.30. The molecule has 0 fully saturated rings. The molecule has 0 saturated carbocycles. The Morgan fingerprint density at radius 3 is 2.68 bits per heavy atom. The number of rotatable bonds is 3. The Morgan fingerprint density at radius 2 is 1.84 bits per heavy atom. The predicted molar refractivity (Wildman–Crippen MR) is 78.7 cm³/mol. The SMILES string of the molecule is N#CCCCn1c2ccccc2c2cc(N)ccc21. The number of anilines is 1. The van der Waals surface area contributed by atoms with Crippen LogP contribution in [0.15, 0.2) is 42.5 Å². The molecule has 2 aromatic carbocycles. The van der Waals surface area contributed by atoms with Gasteiger partial charge in [0, 0.05) is 40.5 Å². The zero-order valence-electron chi connectivity index (χ0n) is 10.6. The molecule has 0 spiro atoms. The van der Waals surface area contributed by atoms with E-state index in [9.17, 15) is 0 Å². The molecule has 0 amide bonds. The van der Waals surface area contributed by atoms with E-state index < -0.39 is 0 Å². The zero-order valence-corrected chi connectivity index (χ0v) is 10.6. The second kappa shape index (κ2) is 4.66. The van der Waals surface area contributed by atoms with Gasteiger partial charge in [0.05, 0.1) is 6.07 Å². The molecule has 0 radical (unpaired) electrons. The van der Waals surface area contributed by atoms with E-state index in [0.717, 1.165) is 18.7 Å². The molecule has 1 heterocycles. The molecular weight excluding hydrogens is 234 g/mol. The first-order valence-electron chi connectivity index (χ1n) is 6.44. The third-order valence-corrected chi connectivity index (χ3v) is 3.47. The van der Waals surface area contributed by atoms with Gasteiger partial charge in [-0.1, -0.05) is 18.2 Å². The monoisotopic (exact) mass is 249 g/mol. The minimum absolute atomic E-state index is 0.586. The van der Waals surface area contributed by atoms with E-state index in [2.05, 4.69) is 28.8 Å². The van der Waals surface area contributed by atoms with Gasteiger partial charge >= 0.3 is 0 Å². The molecule has 0 atom stereocenters. The molecule has 3 aromatic rings. The number of nitrogen functional groups attached to an aromatic ring is 1. The molecule has 19 heavy (non-hydrogen) atoms. The summed E-state index contributed by atoms with van der Waals surface area (Å²) in [5.74, 6) is 0. The van der Waals surface area contributed by atoms with Crippen LogP contribution in [0.4, 0.5) is 5.69 Å². The molecule has 0 saturated heterocycles. The van der Waals surface area contributed by atoms with E-state index in [1.165, 1.54) is 21.8 Å². The van der Waals surface area contributed by atoms with Gasteiger partial charge in [0.2, 0.25) is 0 Å². The van der Waals surface area contributed by atoms with Crippen LogP contribution in [0.3, 0.4) is 0 Å². The number of nitriles is 1. The van der Waals surface area contributed by atoms with Gasteiger partial charge in [-0.25, -0.2) is 0 Å². The van der Waals surface area contributed by atoms with Crippen molar-refractivity contribution in [3.63, 3.8) is 0 Å². The summed E-state index contributed by atoms with van der Waals surface area (Å²) in [5.41, 5.74) is 9.08. The van der Waals surface area contributed by atoms with Crippen molar-refractivity contribution in [2.45, 2.75) is 19.4 Å². The fraction of sp³-hybridized carbons (Fsp3) is 0.188. The Kier molecular flexibility index (Phi) is 2.85. The number of aromatic nitrogens is 1. The minimum atomic E-state index is 0.586. The highest BCUT2D eigenvalue weighted by atomic mass is 15.0. The van der Waals surface area contributed by atoms with Gasteiger partial charge in [-0.3, -0.25) is 0 Å². The summed E-state index contributed by atoms with van der Waals surface area (Å²) in [4.78, 5) is 0. The van der Waals surface area contributed by atoms with Gasteiger partial charge in [0.15, 0.2) is 0 Å². The Morgan fingerprint density at radius 1 is 1.05 bits per heavy atom. The highest BCUT2D eigenvalue weighted by molar-refractivity contribution is 6.08. The summed E-state index contributed by atoms with van der Waals surface area (Å²) in [7, 11) is 0. The predicted octanol–water partition coefficient (Wildman–Crippen LogP) is 3.68. The van der Waals surface area contributed by atoms with E-state index in [1.54, 1.807) is 0 Å². The lowest BCUT2D eigenvalue weighted by atomic mass is 10.1. The van der Waals surface area contributed by atoms with Crippen LogP contribution in [0.25, 0.3) is 21.8 Å². The first kappa shape index (κ1) is 11.6. The summed E-state index contributed by atoms with van der Waals surface area (Å²) in [6.45, 7) is 0.863. The molecule has 3 rings (SSSR count). The van der Waals surface area contributed by atoms with Gasteiger partial charge in [-0.2, -0.15) is 5.26 Å². The maximum Gasteiger partial charge on any atom is 0.0622 e. The molecule has 0 aliphatic rings. The number of hydrogen-bond donors (Lipinski definition) is 1. The molecule has 94 valence electrons. The molecule has 0 unspecified atom stereocenters. The lowest BCUT2D eigenvalue weighted by Crippen LogP contribution is -1.97. The summed E-state index contributed by atoms with van der Waals surface area (Å²) < 4.78 is 2.28. The quantitative estimate of drug-likeness (QED) is 0.568. The van der Waals surface area contributed by atoms with Gasteiger partial charge in [0.1, 0.15) is 0 Å². The van der Waals surface area contributed by atoms with Crippen LogP contribution in [0.5, 0.6) is 0 Å². The number of para-hydroxylation sites is 1. The standard InChI is InChI=1S/C16H15N3/c17-9-3-4-10-19-15-6-2-1-5-13(15)14-11-12(18)7-8-16(14)19/h1-2,5-8,11H,3-4,10,18H2. The number of hydrogen-bond acceptors (Lipinski definition) is 2. The second-order valence-electron chi connectivity index (χ2n) is 4.71. The van der Waals surface area contributed by atoms with E-state index in [1.807, 2.05) is 24.3 Å². The van der Waals surface area contributed by atoms with Crippen molar-refractivity contribution in [2.24, 2.45) is 0 Å². The van der Waals surface area contributed by atoms with Crippen LogP contribution < -0.4 is 5.73 Å². The molecule has 3 nitrogen and oxygen atoms in total. The summed E-state index contributed by atoms with van der Waals surface area (Å²) >= 11 is 0. The molecule has 2 N–H and O–H groups in total. The van der Waals surface area contributed by atoms with Crippen LogP contribution in [-0.4, -0.2) is 4.57 Å². The van der Waals surface area contributed by atoms with E-state index in [4.69, 9.17) is 11.0 Å². The maximum atomic E-state index is 8.68. The van der Waals surface area contributed by atoms with Crippen molar-refractivity contribution in [3.05, 3.63) is 42.5 Å². The average molecular weight is 249 g/mol. The Hall–Kier alpha value is -2.47. The number of aryl methyl sites for hydroxylation is 1. The average Bonchev–Trinajstić information content (AvgIpc) is 2.73. The van der Waals surface area contributed by atoms with Gasteiger partial charge in [0.25, 0.3) is 0 Å². The van der Waals surface area contributed by atoms with Crippen molar-refractivity contribution in [1.82, 2.24) is 4.57 Å². The van der Waals surface area contributed by atoms with Crippen molar-refractivity contribution >= 4 is 27.5 Å². The molecule has 0 aliphatic carbocycles. The van der Waals surface area contributed by atoms with Crippen molar-refractivity contribution in [1.29, 1.82) is 5.26 Å². The fourth-order valence-electron chi connectivity index (χ4n) is 2.63. The van der Waals surface area contributed by atoms with Crippen LogP contribution >= 0.6 is 0 Å². The minimum Gasteiger partial charge on any atom is -0.399 e. The summed E-state index contributed by atoms with van der Waals surface area (Å²) in [6.07, 6.45) is 1.46. The van der Waals surface area contributed by atoms with Crippen LogP contribution in [0.2, 0.25) is 0 Å². The number of unbranched alkanes of at least 4 members (excludes halogenated alkanes) is 1. The number of nitrogens with two attached hydrogens (primary N) is 1. The topological polar surface area (TPSA) is 54.7 Å². The van der Waals surface area contributed by atoms with Crippen LogP contribution in [0, 0.1) is 11.3 Å². The lowest BCUT2D eigenvalue weighted by Gasteiger charge is -2.05. The summed E-state index contributed by atoms with van der Waals surface area (Å²) in [5, 5.41) is 11.1. The first-order chi connectivity index (χ1) is 9.31. The van der Waals surface area contributed by atoms with E-state index in [0.29, 0.717) is 6.42 Å². The van der Waals surface area contributed by atoms with Gasteiger partial charge < -0.3 is 10.3 Å². The molecule has 0 aliphatic heterocycles. The zero-order chi connectivity index (χ0) is 13.2. The number of fused-ring (bicyclic) bond motifs is 3. The Labute approximate surface area is 111 Å². The smallest absolute Gasteiger partial charge is 0.0622 e. The molecule has 1 aromatic heterocycles. The van der Waals surface area contributed by atoms with Crippen LogP contribution in [0.1, 0.15) is 12.8 Å². The fourth-order valence-corrected chi connectivity index (χ4v) is 2.63. The van der Waals surface area contributed by atoms with Crippen LogP contribution in [-0.2, 0) is 6.54 Å². The van der Waals surface area contributed by atoms with Crippen molar-refractivity contribution < 1.29 is 0 Å². The summed E-state index contributed by atoms with van der Waals surface area (Å²) in [6, 6.07) is 16.6. The molecule has 0 bridgehead atoms. The second-order valence-corrected chi connectivity index (χ2v) is 4.71. The molecule has 3 heteroatoms. The number of nitrogens with zero attached hydrogens (tertiary/aromatic N) is 2. The molecular formula is C16H15N3. The number of benzene rings is 2. The largest absolute Gasteiger partial charge is 0.399 e. The normalized spacial score (nSPS) is 10.9. The van der Waals surface area contributed by atoms with Crippen molar-refractivity contribution in [3.8, 4) is 6.07 Å². The first-order valence-corrected chi connectivity index (χ1v) is 6.44. The Balaban J connectivity index is 2.24.